The molecule has 5 aromatic rings. The van der Waals surface area contributed by atoms with Gasteiger partial charge in [-0.1, -0.05) is 61.0 Å². The highest BCUT2D eigenvalue weighted by atomic mass is 79.9. The fourth-order valence-electron chi connectivity index (χ4n) is 10.4. The second-order valence-electron chi connectivity index (χ2n) is 22.5. The van der Waals surface area contributed by atoms with Crippen molar-refractivity contribution in [2.45, 2.75) is 70.9 Å². The van der Waals surface area contributed by atoms with E-state index in [1.54, 1.807) is 64.4 Å². The van der Waals surface area contributed by atoms with Crippen LogP contribution in [0.1, 0.15) is 85.2 Å². The van der Waals surface area contributed by atoms with Crippen molar-refractivity contribution in [3.05, 3.63) is 108 Å². The lowest BCUT2D eigenvalue weighted by Gasteiger charge is -2.31. The number of piperazine rings is 1. The number of rotatable bonds is 28. The molecule has 3 aliphatic heterocycles. The van der Waals surface area contributed by atoms with Crippen molar-refractivity contribution in [2.24, 2.45) is 11.7 Å². The van der Waals surface area contributed by atoms with Gasteiger partial charge in [0.25, 0.3) is 23.6 Å². The van der Waals surface area contributed by atoms with E-state index in [2.05, 4.69) is 68.3 Å². The second-order valence-corrected chi connectivity index (χ2v) is 23.2. The quantitative estimate of drug-likeness (QED) is 0.0192. The topological polar surface area (TPSA) is 357 Å². The average molecular weight is 1330 g/mol. The van der Waals surface area contributed by atoms with Crippen molar-refractivity contribution < 1.29 is 62.2 Å². The highest BCUT2D eigenvalue weighted by Gasteiger charge is 2.37. The molecule has 28 heteroatoms. The van der Waals surface area contributed by atoms with E-state index in [1.165, 1.54) is 19.2 Å². The lowest BCUT2D eigenvalue weighted by atomic mass is 9.95. The number of nitrogens with two attached hydrogens (primary N) is 1. The Balaban J connectivity index is 0.000000440. The summed E-state index contributed by atoms with van der Waals surface area (Å²) in [5.74, 6) is -2.93. The molecule has 1 saturated heterocycles. The lowest BCUT2D eigenvalue weighted by Crippen LogP contribution is -2.54. The van der Waals surface area contributed by atoms with Gasteiger partial charge in [0.15, 0.2) is 0 Å². The summed E-state index contributed by atoms with van der Waals surface area (Å²) in [5, 5.41) is 24.8. The number of likely N-dealkylation sites (N-methyl/N-ethyl adjacent to an activating group) is 2. The van der Waals surface area contributed by atoms with Crippen LogP contribution in [0.25, 0.3) is 21.7 Å². The molecule has 0 bridgehead atoms. The average Bonchev–Trinajstić information content (AvgIpc) is 1.56. The van der Waals surface area contributed by atoms with Crippen LogP contribution in [-0.4, -0.2) is 195 Å². The predicted octanol–water partition coefficient (Wildman–Crippen LogP) is 4.04. The zero-order chi connectivity index (χ0) is 66.4. The first-order valence-corrected chi connectivity index (χ1v) is 31.7. The Labute approximate surface area is 541 Å². The van der Waals surface area contributed by atoms with Crippen LogP contribution in [0.4, 0.5) is 26.7 Å². The van der Waals surface area contributed by atoms with Gasteiger partial charge in [-0.15, -0.1) is 0 Å². The van der Waals surface area contributed by atoms with Gasteiger partial charge >= 0.3 is 12.1 Å². The number of ether oxygens (including phenoxy) is 2. The number of nitrogens with one attached hydrogen (secondary N) is 9. The van der Waals surface area contributed by atoms with E-state index in [0.717, 1.165) is 40.7 Å². The Morgan fingerprint density at radius 3 is 2.12 bits per heavy atom. The van der Waals surface area contributed by atoms with Crippen LogP contribution in [0.2, 0.25) is 0 Å². The van der Waals surface area contributed by atoms with Crippen LogP contribution in [0.3, 0.4) is 0 Å². The number of hydrogen-bond donors (Lipinski definition) is 10. The standard InChI is InChI=1S/C49H58BrN11O8.C15H23N3O5/c1-28(2)43(54-26-41(62)52-3)46(65)58-37(10-7-17-53-48(51)67)45(64)55-32-13-11-29(12-14-32)44(63)56-33-15-16-36-30(22-33)23-38(57-36)47(66)61-27-31(25-50)42-35-9-6-5-8-34(35)40(24-39(42)61)69-49(68)60-20-18-59(4)19-21-60;1-2-7-16-13(20)6-10-23-11-8-17-12(19)5-9-18-14(21)3-4-15(18)22/h5-6,8-9,11-16,22-24,28,31,37,43,54,57H,7,10,17-21,25-27H2,1-4H3,(H,52,62)(H,55,64)(H,56,63)(H,58,65)(H3,51,53,67);3-4H,2,5-11H2,1H3,(H,16,20)(H,17,19)/t31-,37+,43+;/m1./s1. The number of nitrogens with zero attached hydrogens (tertiary/aromatic N) is 4. The van der Waals surface area contributed by atoms with E-state index in [9.17, 15) is 52.7 Å². The SMILES string of the molecule is CCCNC(=O)CCOCCNC(=O)CCN1C(=O)C=CC1=O.CNC(=O)CN[C@H](C(=O)N[C@@H](CCCNC(N)=O)C(=O)Nc1ccc(C(=O)Nc2ccc3[nH]c(C(=O)N4C[C@@H](CBr)c5c4cc(OC(=O)N4CCN(C)CC4)c4ccccc54)cc3c2)cc1)C(C)C. The molecule has 8 rings (SSSR count). The summed E-state index contributed by atoms with van der Waals surface area (Å²) >= 11 is 3.68. The van der Waals surface area contributed by atoms with Crippen molar-refractivity contribution in [2.75, 3.05) is 114 Å². The zero-order valence-corrected chi connectivity index (χ0v) is 53.8. The minimum Gasteiger partial charge on any atom is -0.409 e. The minimum atomic E-state index is -1.01. The summed E-state index contributed by atoms with van der Waals surface area (Å²) in [6.45, 7) is 10.4. The molecule has 0 unspecified atom stereocenters. The molecule has 11 N–H and O–H groups in total. The first-order valence-electron chi connectivity index (χ1n) is 30.5. The molecule has 1 fully saturated rings. The van der Waals surface area contributed by atoms with Crippen LogP contribution in [0, 0.1) is 5.92 Å². The molecule has 4 aromatic carbocycles. The smallest absolute Gasteiger partial charge is 0.409 e. The predicted molar refractivity (Wildman–Crippen MR) is 350 cm³/mol. The number of amides is 12. The fourth-order valence-corrected chi connectivity index (χ4v) is 10.9. The van der Waals surface area contributed by atoms with Crippen LogP contribution in [0.15, 0.2) is 91.0 Å². The number of alkyl halides is 1. The van der Waals surface area contributed by atoms with Gasteiger partial charge in [-0.3, -0.25) is 53.4 Å². The Kier molecular flexibility index (Phi) is 26.1. The molecular weight excluding hydrogens is 1250 g/mol. The zero-order valence-electron chi connectivity index (χ0n) is 52.2. The summed E-state index contributed by atoms with van der Waals surface area (Å²) in [6, 6.07) is 20.3. The number of imide groups is 1. The van der Waals surface area contributed by atoms with Crippen LogP contribution in [-0.2, 0) is 38.3 Å². The van der Waals surface area contributed by atoms with Crippen LogP contribution < -0.4 is 57.9 Å². The molecule has 0 aliphatic carbocycles. The summed E-state index contributed by atoms with van der Waals surface area (Å²) in [5.41, 5.74) is 9.05. The van der Waals surface area contributed by atoms with Crippen LogP contribution >= 0.6 is 15.9 Å². The Hall–Kier alpha value is -9.25. The fraction of sp³-hybridized carbons (Fsp3) is 0.422. The van der Waals surface area contributed by atoms with E-state index < -0.39 is 53.7 Å². The molecule has 12 amide bonds. The van der Waals surface area contributed by atoms with Gasteiger partial charge < -0.3 is 72.1 Å². The molecule has 492 valence electrons. The molecular formula is C64H81BrN14O13. The van der Waals surface area contributed by atoms with Gasteiger partial charge in [-0.2, -0.15) is 0 Å². The number of fused-ring (bicyclic) bond motifs is 4. The highest BCUT2D eigenvalue weighted by Crippen LogP contribution is 2.46. The summed E-state index contributed by atoms with van der Waals surface area (Å²) in [6.07, 6.45) is 3.67. The molecule has 4 heterocycles. The molecule has 3 atom stereocenters. The number of benzene rings is 4. The molecule has 27 nitrogen and oxygen atoms in total. The number of carbonyl (C=O) groups is 11. The third-order valence-electron chi connectivity index (χ3n) is 15.4. The number of aromatic nitrogens is 1. The lowest BCUT2D eigenvalue weighted by molar-refractivity contribution is -0.137. The maximum atomic E-state index is 14.4. The monoisotopic (exact) mass is 1330 g/mol. The third kappa shape index (κ3) is 19.6. The maximum Gasteiger partial charge on any atom is 0.415 e. The molecule has 1 aromatic heterocycles. The van der Waals surface area contributed by atoms with E-state index >= 15 is 0 Å². The number of anilines is 3. The number of carbonyl (C=O) groups excluding carboxylic acids is 11. The van der Waals surface area contributed by atoms with E-state index in [-0.39, 0.29) is 67.9 Å². The number of primary amides is 1. The number of halogens is 1. The van der Waals surface area contributed by atoms with E-state index in [1.807, 2.05) is 52.1 Å². The number of H-pyrrole nitrogens is 1. The van der Waals surface area contributed by atoms with Gasteiger partial charge in [0, 0.05) is 141 Å². The normalized spacial score (nSPS) is 15.1. The molecule has 3 aliphatic rings. The van der Waals surface area contributed by atoms with E-state index in [0.29, 0.717) is 109 Å². The summed E-state index contributed by atoms with van der Waals surface area (Å²) in [7, 11) is 3.51. The first-order chi connectivity index (χ1) is 44.2. The molecule has 92 heavy (non-hydrogen) atoms. The maximum absolute atomic E-state index is 14.4. The van der Waals surface area contributed by atoms with Crippen molar-refractivity contribution >= 4 is 120 Å². The Morgan fingerprint density at radius 1 is 0.761 bits per heavy atom. The van der Waals surface area contributed by atoms with Crippen molar-refractivity contribution in [3.63, 3.8) is 0 Å². The first kappa shape index (κ1) is 70.2. The third-order valence-corrected chi connectivity index (χ3v) is 16.2. The van der Waals surface area contributed by atoms with E-state index in [4.69, 9.17) is 15.2 Å². The number of hydrogen-bond acceptors (Lipinski definition) is 15. The van der Waals surface area contributed by atoms with Gasteiger partial charge in [0.2, 0.25) is 29.5 Å². The Bertz CT molecular complexity index is 3520. The number of aromatic amines is 1. The Morgan fingerprint density at radius 2 is 1.45 bits per heavy atom. The largest absolute Gasteiger partial charge is 0.415 e. The van der Waals surface area contributed by atoms with Gasteiger partial charge in [0.1, 0.15) is 17.5 Å². The number of urea groups is 1. The molecule has 0 saturated carbocycles. The van der Waals surface area contributed by atoms with Crippen molar-refractivity contribution in [1.29, 1.82) is 0 Å². The van der Waals surface area contributed by atoms with Crippen molar-refractivity contribution in [1.82, 2.24) is 51.6 Å². The minimum absolute atomic E-state index is 0.0192. The van der Waals surface area contributed by atoms with Crippen molar-refractivity contribution in [3.8, 4) is 5.75 Å². The summed E-state index contributed by atoms with van der Waals surface area (Å²) < 4.78 is 11.3. The molecule has 0 spiro atoms. The second kappa shape index (κ2) is 34.3. The van der Waals surface area contributed by atoms with Crippen LogP contribution in [0.5, 0.6) is 5.75 Å². The van der Waals surface area contributed by atoms with Gasteiger partial charge in [0.05, 0.1) is 31.5 Å². The van der Waals surface area contributed by atoms with Gasteiger partial charge in [-0.05, 0) is 91.7 Å². The van der Waals surface area contributed by atoms with Gasteiger partial charge in [-0.25, -0.2) is 9.59 Å². The summed E-state index contributed by atoms with van der Waals surface area (Å²) in [4.78, 5) is 147. The molecule has 0 radical (unpaired) electrons. The highest BCUT2D eigenvalue weighted by molar-refractivity contribution is 9.09.